The highest BCUT2D eigenvalue weighted by atomic mass is 32.2. The molecule has 0 saturated carbocycles. The summed E-state index contributed by atoms with van der Waals surface area (Å²) in [5, 5.41) is 0. The number of nitrogens with zero attached hydrogens (tertiary/aromatic N) is 1. The molecule has 0 aliphatic heterocycles. The lowest BCUT2D eigenvalue weighted by Gasteiger charge is -2.22. The number of carbonyl (C=O) groups excluding carboxylic acids is 1. The van der Waals surface area contributed by atoms with Crippen LogP contribution in [0.25, 0.3) is 0 Å². The Morgan fingerprint density at radius 3 is 2.46 bits per heavy atom. The summed E-state index contributed by atoms with van der Waals surface area (Å²) in [5.41, 5.74) is -0.159. The Morgan fingerprint density at radius 1 is 1.18 bits per heavy atom. The molecule has 0 spiro atoms. The number of benzene rings is 2. The average molecular weight is 408 g/mol. The SMILES string of the molecule is C=CCN(Cc1ccccc1F)C(=O)c1cc(S(=O)(=O)NC(C)C)ccc1F. The Morgan fingerprint density at radius 2 is 1.86 bits per heavy atom. The fraction of sp³-hybridized carbons (Fsp3) is 0.250. The lowest BCUT2D eigenvalue weighted by atomic mass is 10.1. The molecule has 28 heavy (non-hydrogen) atoms. The molecule has 1 N–H and O–H groups in total. The monoisotopic (exact) mass is 408 g/mol. The van der Waals surface area contributed by atoms with Gasteiger partial charge >= 0.3 is 0 Å². The third-order valence-corrected chi connectivity index (χ3v) is 5.48. The van der Waals surface area contributed by atoms with Crippen LogP contribution in [0.1, 0.15) is 29.8 Å². The van der Waals surface area contributed by atoms with Crippen molar-refractivity contribution in [1.82, 2.24) is 9.62 Å². The first-order valence-corrected chi connectivity index (χ1v) is 10.1. The number of carbonyl (C=O) groups is 1. The first kappa shape index (κ1) is 21.7. The van der Waals surface area contributed by atoms with E-state index in [-0.39, 0.29) is 29.6 Å². The van der Waals surface area contributed by atoms with Crippen LogP contribution in [0.5, 0.6) is 0 Å². The van der Waals surface area contributed by atoms with Crippen molar-refractivity contribution in [3.8, 4) is 0 Å². The molecule has 0 bridgehead atoms. The molecule has 0 fully saturated rings. The maximum atomic E-state index is 14.3. The number of amides is 1. The molecule has 0 aromatic heterocycles. The molecule has 0 heterocycles. The van der Waals surface area contributed by atoms with Gasteiger partial charge in [0.25, 0.3) is 5.91 Å². The van der Waals surface area contributed by atoms with Gasteiger partial charge in [0.1, 0.15) is 11.6 Å². The van der Waals surface area contributed by atoms with E-state index in [1.165, 1.54) is 29.2 Å². The molecule has 2 rings (SSSR count). The number of rotatable bonds is 8. The second-order valence-electron chi connectivity index (χ2n) is 6.48. The van der Waals surface area contributed by atoms with Gasteiger partial charge in [0.15, 0.2) is 0 Å². The summed E-state index contributed by atoms with van der Waals surface area (Å²) in [6.07, 6.45) is 1.43. The molecule has 5 nitrogen and oxygen atoms in total. The molecule has 8 heteroatoms. The van der Waals surface area contributed by atoms with Crippen LogP contribution in [0.3, 0.4) is 0 Å². The Hall–Kier alpha value is -2.58. The van der Waals surface area contributed by atoms with Gasteiger partial charge in [-0.25, -0.2) is 21.9 Å². The minimum absolute atomic E-state index is 0.0355. The van der Waals surface area contributed by atoms with Gasteiger partial charge in [-0.05, 0) is 38.1 Å². The molecular formula is C20H22F2N2O3S. The minimum atomic E-state index is -3.90. The molecule has 2 aromatic carbocycles. The molecule has 0 atom stereocenters. The summed E-state index contributed by atoms with van der Waals surface area (Å²) >= 11 is 0. The first-order chi connectivity index (χ1) is 13.2. The highest BCUT2D eigenvalue weighted by Gasteiger charge is 2.23. The largest absolute Gasteiger partial charge is 0.330 e. The van der Waals surface area contributed by atoms with E-state index in [2.05, 4.69) is 11.3 Å². The van der Waals surface area contributed by atoms with E-state index in [1.807, 2.05) is 0 Å². The Bertz CT molecular complexity index is 975. The number of nitrogens with one attached hydrogen (secondary N) is 1. The van der Waals surface area contributed by atoms with E-state index in [0.29, 0.717) is 0 Å². The lowest BCUT2D eigenvalue weighted by molar-refractivity contribution is 0.0756. The maximum Gasteiger partial charge on any atom is 0.257 e. The fourth-order valence-electron chi connectivity index (χ4n) is 2.59. The van der Waals surface area contributed by atoms with Gasteiger partial charge in [0.05, 0.1) is 10.5 Å². The Balaban J connectivity index is 2.40. The molecule has 0 saturated heterocycles. The van der Waals surface area contributed by atoms with E-state index < -0.39 is 33.1 Å². The van der Waals surface area contributed by atoms with Crippen LogP contribution >= 0.6 is 0 Å². The van der Waals surface area contributed by atoms with E-state index in [1.54, 1.807) is 19.9 Å². The Labute approximate surface area is 163 Å². The van der Waals surface area contributed by atoms with Gasteiger partial charge in [0, 0.05) is 24.7 Å². The lowest BCUT2D eigenvalue weighted by Crippen LogP contribution is -2.33. The molecule has 0 aliphatic rings. The number of hydrogen-bond donors (Lipinski definition) is 1. The predicted octanol–water partition coefficient (Wildman–Crippen LogP) is 3.48. The van der Waals surface area contributed by atoms with Crippen LogP contribution in [0.2, 0.25) is 0 Å². The van der Waals surface area contributed by atoms with Gasteiger partial charge < -0.3 is 4.90 Å². The topological polar surface area (TPSA) is 66.5 Å². The van der Waals surface area contributed by atoms with Gasteiger partial charge in [0.2, 0.25) is 10.0 Å². The van der Waals surface area contributed by atoms with Crippen molar-refractivity contribution in [3.05, 3.63) is 77.9 Å². The van der Waals surface area contributed by atoms with Crippen molar-refractivity contribution in [1.29, 1.82) is 0 Å². The minimum Gasteiger partial charge on any atom is -0.330 e. The molecule has 0 unspecified atom stereocenters. The average Bonchev–Trinajstić information content (AvgIpc) is 2.61. The first-order valence-electron chi connectivity index (χ1n) is 8.61. The summed E-state index contributed by atoms with van der Waals surface area (Å²) in [5.74, 6) is -2.12. The van der Waals surface area contributed by atoms with Gasteiger partial charge in [-0.15, -0.1) is 6.58 Å². The third kappa shape index (κ3) is 5.24. The van der Waals surface area contributed by atoms with E-state index in [0.717, 1.165) is 18.2 Å². The maximum absolute atomic E-state index is 14.3. The summed E-state index contributed by atoms with van der Waals surface area (Å²) in [6.45, 7) is 6.78. The quantitative estimate of drug-likeness (QED) is 0.680. The summed E-state index contributed by atoms with van der Waals surface area (Å²) in [6, 6.07) is 8.56. The summed E-state index contributed by atoms with van der Waals surface area (Å²) in [7, 11) is -3.90. The zero-order chi connectivity index (χ0) is 20.9. The van der Waals surface area contributed by atoms with Crippen LogP contribution in [0, 0.1) is 11.6 Å². The molecular weight excluding hydrogens is 386 g/mol. The smallest absolute Gasteiger partial charge is 0.257 e. The number of halogens is 2. The van der Waals surface area contributed by atoms with Gasteiger partial charge in [-0.3, -0.25) is 4.79 Å². The molecule has 150 valence electrons. The van der Waals surface area contributed by atoms with Crippen molar-refractivity contribution < 1.29 is 22.0 Å². The summed E-state index contributed by atoms with van der Waals surface area (Å²) < 4.78 is 55.3. The summed E-state index contributed by atoms with van der Waals surface area (Å²) in [4.78, 5) is 13.8. The molecule has 0 radical (unpaired) electrons. The second kappa shape index (κ2) is 9.07. The molecule has 2 aromatic rings. The number of hydrogen-bond acceptors (Lipinski definition) is 3. The van der Waals surface area contributed by atoms with Crippen molar-refractivity contribution in [3.63, 3.8) is 0 Å². The van der Waals surface area contributed by atoms with Crippen LogP contribution in [0.15, 0.2) is 60.0 Å². The molecule has 1 amide bonds. The normalized spacial score (nSPS) is 11.5. The second-order valence-corrected chi connectivity index (χ2v) is 8.20. The Kier molecular flexibility index (Phi) is 7.04. The highest BCUT2D eigenvalue weighted by molar-refractivity contribution is 7.89. The molecule has 0 aliphatic carbocycles. The van der Waals surface area contributed by atoms with Gasteiger partial charge in [-0.1, -0.05) is 24.3 Å². The van der Waals surface area contributed by atoms with Crippen molar-refractivity contribution in [2.24, 2.45) is 0 Å². The third-order valence-electron chi connectivity index (χ3n) is 3.83. The van der Waals surface area contributed by atoms with E-state index >= 15 is 0 Å². The van der Waals surface area contributed by atoms with Crippen LogP contribution in [-0.2, 0) is 16.6 Å². The van der Waals surface area contributed by atoms with Crippen molar-refractivity contribution in [2.45, 2.75) is 31.3 Å². The van der Waals surface area contributed by atoms with E-state index in [4.69, 9.17) is 0 Å². The predicted molar refractivity (Wildman–Crippen MR) is 103 cm³/mol. The van der Waals surface area contributed by atoms with Crippen molar-refractivity contribution in [2.75, 3.05) is 6.54 Å². The zero-order valence-electron chi connectivity index (χ0n) is 15.7. The van der Waals surface area contributed by atoms with Crippen LogP contribution in [-0.4, -0.2) is 31.8 Å². The zero-order valence-corrected chi connectivity index (χ0v) is 16.5. The van der Waals surface area contributed by atoms with Crippen LogP contribution < -0.4 is 4.72 Å². The van der Waals surface area contributed by atoms with E-state index in [9.17, 15) is 22.0 Å². The van der Waals surface area contributed by atoms with Crippen molar-refractivity contribution >= 4 is 15.9 Å². The van der Waals surface area contributed by atoms with Crippen LogP contribution in [0.4, 0.5) is 8.78 Å². The van der Waals surface area contributed by atoms with Gasteiger partial charge in [-0.2, -0.15) is 0 Å². The fourth-order valence-corrected chi connectivity index (χ4v) is 3.87. The number of sulfonamides is 1. The highest BCUT2D eigenvalue weighted by Crippen LogP contribution is 2.19. The standard InChI is InChI=1S/C20H22F2N2O3S/c1-4-11-24(13-15-7-5-6-8-18(15)21)20(25)17-12-16(9-10-19(17)22)28(26,27)23-14(2)3/h4-10,12,14,23H,1,11,13H2,2-3H3.